The van der Waals surface area contributed by atoms with Crippen molar-refractivity contribution in [2.24, 2.45) is 0 Å². The van der Waals surface area contributed by atoms with Gasteiger partial charge in [-0.2, -0.15) is 0 Å². The van der Waals surface area contributed by atoms with Crippen molar-refractivity contribution in [1.82, 2.24) is 4.90 Å². The summed E-state index contributed by atoms with van der Waals surface area (Å²) in [5.74, 6) is -0.712. The Morgan fingerprint density at radius 1 is 1.73 bits per heavy atom. The topological polar surface area (TPSA) is 40.5 Å². The third kappa shape index (κ3) is 1.80. The molecule has 1 atom stereocenters. The Balaban J connectivity index is 2.61. The quantitative estimate of drug-likeness (QED) is 0.597. The normalized spacial score (nSPS) is 25.4. The highest BCUT2D eigenvalue weighted by Gasteiger charge is 2.23. The van der Waals surface area contributed by atoms with E-state index in [1.807, 2.05) is 24.0 Å². The minimum Gasteiger partial charge on any atom is -0.480 e. The van der Waals surface area contributed by atoms with Gasteiger partial charge in [0, 0.05) is 6.54 Å². The van der Waals surface area contributed by atoms with Crippen LogP contribution in [0.25, 0.3) is 0 Å². The Hall–Kier alpha value is -0.830. The van der Waals surface area contributed by atoms with Gasteiger partial charge in [-0.1, -0.05) is 19.1 Å². The number of hydrogen-bond donors (Lipinski definition) is 1. The first-order chi connectivity index (χ1) is 5.25. The fourth-order valence-corrected chi connectivity index (χ4v) is 1.32. The second-order valence-corrected chi connectivity index (χ2v) is 2.65. The van der Waals surface area contributed by atoms with Crippen LogP contribution >= 0.6 is 0 Å². The lowest BCUT2D eigenvalue weighted by Gasteiger charge is -2.28. The zero-order valence-electron chi connectivity index (χ0n) is 6.66. The van der Waals surface area contributed by atoms with E-state index < -0.39 is 5.97 Å². The minimum absolute atomic E-state index is 0.301. The number of carbonyl (C=O) groups is 1. The molecular weight excluding hydrogens is 142 g/mol. The second-order valence-electron chi connectivity index (χ2n) is 2.65. The Labute approximate surface area is 66.3 Å². The highest BCUT2D eigenvalue weighted by Crippen LogP contribution is 2.10. The van der Waals surface area contributed by atoms with Crippen molar-refractivity contribution in [3.8, 4) is 0 Å². The summed E-state index contributed by atoms with van der Waals surface area (Å²) in [4.78, 5) is 12.6. The van der Waals surface area contributed by atoms with Crippen molar-refractivity contribution in [2.75, 3.05) is 13.1 Å². The van der Waals surface area contributed by atoms with E-state index in [4.69, 9.17) is 5.11 Å². The van der Waals surface area contributed by atoms with Gasteiger partial charge < -0.3 is 5.11 Å². The van der Waals surface area contributed by atoms with Crippen LogP contribution in [-0.4, -0.2) is 35.1 Å². The molecular formula is C8H13NO2. The Morgan fingerprint density at radius 3 is 2.91 bits per heavy atom. The molecule has 3 nitrogen and oxygen atoms in total. The average molecular weight is 155 g/mol. The van der Waals surface area contributed by atoms with Crippen molar-refractivity contribution < 1.29 is 9.90 Å². The van der Waals surface area contributed by atoms with Gasteiger partial charge in [0.05, 0.1) is 0 Å². The van der Waals surface area contributed by atoms with E-state index in [0.717, 1.165) is 13.1 Å². The van der Waals surface area contributed by atoms with Crippen LogP contribution in [0.5, 0.6) is 0 Å². The van der Waals surface area contributed by atoms with Crippen molar-refractivity contribution >= 4 is 5.97 Å². The lowest BCUT2D eigenvalue weighted by molar-refractivity contribution is -0.143. The molecule has 0 amide bonds. The number of rotatable bonds is 2. The summed E-state index contributed by atoms with van der Waals surface area (Å²) in [5, 5.41) is 8.76. The van der Waals surface area contributed by atoms with Crippen LogP contribution in [0, 0.1) is 0 Å². The summed E-state index contributed by atoms with van der Waals surface area (Å²) in [7, 11) is 0. The molecule has 1 unspecified atom stereocenters. The Kier molecular flexibility index (Phi) is 2.65. The summed E-state index contributed by atoms with van der Waals surface area (Å²) in [6, 6.07) is -0.301. The Bertz CT molecular complexity index is 177. The minimum atomic E-state index is -0.712. The number of carboxylic acids is 1. The standard InChI is InChI=1S/C8H13NO2/c1-2-9-6-4-3-5-7(9)8(10)11/h3-4,7H,2,5-6H2,1H3,(H,10,11). The van der Waals surface area contributed by atoms with Crippen molar-refractivity contribution in [2.45, 2.75) is 19.4 Å². The molecule has 1 heterocycles. The number of carboxylic acid groups (broad SMARTS) is 1. The van der Waals surface area contributed by atoms with Gasteiger partial charge in [-0.05, 0) is 13.0 Å². The third-order valence-electron chi connectivity index (χ3n) is 2.00. The molecule has 0 bridgehead atoms. The van der Waals surface area contributed by atoms with E-state index in [-0.39, 0.29) is 6.04 Å². The van der Waals surface area contributed by atoms with Crippen LogP contribution in [0.3, 0.4) is 0 Å². The monoisotopic (exact) mass is 155 g/mol. The predicted molar refractivity (Wildman–Crippen MR) is 42.4 cm³/mol. The van der Waals surface area contributed by atoms with Gasteiger partial charge in [-0.15, -0.1) is 0 Å². The summed E-state index contributed by atoms with van der Waals surface area (Å²) in [5.41, 5.74) is 0. The second kappa shape index (κ2) is 3.53. The molecule has 1 N–H and O–H groups in total. The van der Waals surface area contributed by atoms with E-state index in [9.17, 15) is 4.79 Å². The van der Waals surface area contributed by atoms with Crippen LogP contribution in [0.15, 0.2) is 12.2 Å². The molecule has 0 aromatic heterocycles. The number of hydrogen-bond acceptors (Lipinski definition) is 2. The van der Waals surface area contributed by atoms with E-state index in [1.165, 1.54) is 0 Å². The molecule has 11 heavy (non-hydrogen) atoms. The molecule has 1 rings (SSSR count). The zero-order chi connectivity index (χ0) is 8.27. The molecule has 0 spiro atoms. The molecule has 62 valence electrons. The first-order valence-electron chi connectivity index (χ1n) is 3.87. The van der Waals surface area contributed by atoms with Gasteiger partial charge in [0.15, 0.2) is 0 Å². The van der Waals surface area contributed by atoms with Gasteiger partial charge >= 0.3 is 5.97 Å². The van der Waals surface area contributed by atoms with Crippen molar-refractivity contribution in [3.05, 3.63) is 12.2 Å². The fourth-order valence-electron chi connectivity index (χ4n) is 1.32. The maximum atomic E-state index is 10.6. The van der Waals surface area contributed by atoms with Crippen LogP contribution < -0.4 is 0 Å². The summed E-state index contributed by atoms with van der Waals surface area (Å²) in [6.45, 7) is 3.56. The van der Waals surface area contributed by atoms with Gasteiger partial charge in [0.2, 0.25) is 0 Å². The third-order valence-corrected chi connectivity index (χ3v) is 2.00. The average Bonchev–Trinajstić information content (AvgIpc) is 2.04. The van der Waals surface area contributed by atoms with E-state index in [1.54, 1.807) is 0 Å². The van der Waals surface area contributed by atoms with E-state index in [0.29, 0.717) is 6.42 Å². The van der Waals surface area contributed by atoms with E-state index in [2.05, 4.69) is 0 Å². The molecule has 1 aliphatic heterocycles. The van der Waals surface area contributed by atoms with Crippen LogP contribution in [0.1, 0.15) is 13.3 Å². The molecule has 3 heteroatoms. The number of nitrogens with zero attached hydrogens (tertiary/aromatic N) is 1. The number of likely N-dealkylation sites (N-methyl/N-ethyl adjacent to an activating group) is 1. The number of aliphatic carboxylic acids is 1. The van der Waals surface area contributed by atoms with Crippen molar-refractivity contribution in [3.63, 3.8) is 0 Å². The predicted octanol–water partition coefficient (Wildman–Crippen LogP) is 0.721. The van der Waals surface area contributed by atoms with Crippen LogP contribution in [-0.2, 0) is 4.79 Å². The zero-order valence-corrected chi connectivity index (χ0v) is 6.66. The van der Waals surface area contributed by atoms with Crippen LogP contribution in [0.4, 0.5) is 0 Å². The smallest absolute Gasteiger partial charge is 0.321 e. The molecule has 0 radical (unpaired) electrons. The summed E-state index contributed by atoms with van der Waals surface area (Å²) < 4.78 is 0. The molecule has 0 aromatic carbocycles. The largest absolute Gasteiger partial charge is 0.480 e. The molecule has 0 aromatic rings. The maximum Gasteiger partial charge on any atom is 0.321 e. The van der Waals surface area contributed by atoms with Gasteiger partial charge in [-0.25, -0.2) is 0 Å². The van der Waals surface area contributed by atoms with Gasteiger partial charge in [0.1, 0.15) is 6.04 Å². The molecule has 0 fully saturated rings. The first kappa shape index (κ1) is 8.27. The van der Waals surface area contributed by atoms with Gasteiger partial charge in [-0.3, -0.25) is 9.69 Å². The highest BCUT2D eigenvalue weighted by atomic mass is 16.4. The molecule has 0 aliphatic carbocycles. The maximum absolute atomic E-state index is 10.6. The lowest BCUT2D eigenvalue weighted by Crippen LogP contribution is -2.42. The van der Waals surface area contributed by atoms with Gasteiger partial charge in [0.25, 0.3) is 0 Å². The molecule has 0 saturated carbocycles. The molecule has 1 aliphatic rings. The summed E-state index contributed by atoms with van der Waals surface area (Å²) >= 11 is 0. The van der Waals surface area contributed by atoms with E-state index >= 15 is 0 Å². The first-order valence-corrected chi connectivity index (χ1v) is 3.87. The highest BCUT2D eigenvalue weighted by molar-refractivity contribution is 5.73. The lowest BCUT2D eigenvalue weighted by atomic mass is 10.1. The SMILES string of the molecule is CCN1CC=CCC1C(=O)O. The molecule has 0 saturated heterocycles. The van der Waals surface area contributed by atoms with Crippen LogP contribution in [0.2, 0.25) is 0 Å². The Morgan fingerprint density at radius 2 is 2.45 bits per heavy atom. The summed E-state index contributed by atoms with van der Waals surface area (Å²) in [6.07, 6.45) is 4.59. The fraction of sp³-hybridized carbons (Fsp3) is 0.625. The van der Waals surface area contributed by atoms with Crippen molar-refractivity contribution in [1.29, 1.82) is 0 Å².